The van der Waals surface area contributed by atoms with Crippen LogP contribution >= 0.6 is 11.3 Å². The SMILES string of the molecule is O=C(N[C@@H](C(=O)N1CCC[C@H]1C(=O)Nc1nc(-c2ccccc2)cs1)c1ccccc1)c1cccnc1. The van der Waals surface area contributed by atoms with Crippen LogP contribution < -0.4 is 10.6 Å². The monoisotopic (exact) mass is 511 g/mol. The predicted octanol–water partition coefficient (Wildman–Crippen LogP) is 4.31. The van der Waals surface area contributed by atoms with Crippen LogP contribution in [0.3, 0.4) is 0 Å². The average Bonchev–Trinajstić information content (AvgIpc) is 3.63. The van der Waals surface area contributed by atoms with Gasteiger partial charge in [0.2, 0.25) is 11.8 Å². The van der Waals surface area contributed by atoms with Crippen molar-refractivity contribution in [2.45, 2.75) is 24.9 Å². The van der Waals surface area contributed by atoms with Crippen molar-refractivity contribution >= 4 is 34.2 Å². The molecule has 1 aliphatic rings. The van der Waals surface area contributed by atoms with E-state index in [9.17, 15) is 14.4 Å². The standard InChI is InChI=1S/C28H25N5O3S/c34-25(21-13-7-15-29-17-21)31-24(20-11-5-2-6-12-20)27(36)33-16-8-14-23(33)26(35)32-28-30-22(18-37-28)19-9-3-1-4-10-19/h1-7,9-13,15,17-18,23-24H,8,14,16H2,(H,31,34)(H,30,32,35)/t23-,24+/m0/s1. The highest BCUT2D eigenvalue weighted by atomic mass is 32.1. The van der Waals surface area contributed by atoms with Crippen molar-refractivity contribution in [3.05, 3.63) is 102 Å². The molecule has 4 aromatic rings. The lowest BCUT2D eigenvalue weighted by molar-refractivity contribution is -0.138. The average molecular weight is 512 g/mol. The number of aromatic nitrogens is 2. The Labute approximate surface area is 218 Å². The minimum atomic E-state index is -0.938. The second kappa shape index (κ2) is 11.1. The molecule has 0 spiro atoms. The van der Waals surface area contributed by atoms with E-state index in [0.717, 1.165) is 11.3 Å². The molecule has 2 aromatic carbocycles. The second-order valence-electron chi connectivity index (χ2n) is 8.64. The molecule has 0 radical (unpaired) electrons. The lowest BCUT2D eigenvalue weighted by Gasteiger charge is -2.28. The Bertz CT molecular complexity index is 1380. The molecule has 3 amide bonds. The van der Waals surface area contributed by atoms with Gasteiger partial charge in [-0.3, -0.25) is 19.4 Å². The van der Waals surface area contributed by atoms with E-state index in [4.69, 9.17) is 0 Å². The van der Waals surface area contributed by atoms with Crippen LogP contribution in [0.4, 0.5) is 5.13 Å². The van der Waals surface area contributed by atoms with E-state index in [0.29, 0.717) is 35.6 Å². The van der Waals surface area contributed by atoms with E-state index in [2.05, 4.69) is 20.6 Å². The van der Waals surface area contributed by atoms with Crippen LogP contribution in [0.5, 0.6) is 0 Å². The molecule has 1 saturated heterocycles. The summed E-state index contributed by atoms with van der Waals surface area (Å²) in [5.41, 5.74) is 2.74. The summed E-state index contributed by atoms with van der Waals surface area (Å²) in [7, 11) is 0. The number of rotatable bonds is 7. The molecule has 5 rings (SSSR count). The fraction of sp³-hybridized carbons (Fsp3) is 0.179. The number of nitrogens with zero attached hydrogens (tertiary/aromatic N) is 3. The number of anilines is 1. The third-order valence-electron chi connectivity index (χ3n) is 6.22. The number of thiazole rings is 1. The van der Waals surface area contributed by atoms with Gasteiger partial charge in [-0.15, -0.1) is 11.3 Å². The van der Waals surface area contributed by atoms with Crippen LogP contribution in [0.1, 0.15) is 34.8 Å². The van der Waals surface area contributed by atoms with E-state index >= 15 is 0 Å². The summed E-state index contributed by atoms with van der Waals surface area (Å²) in [4.78, 5) is 50.0. The van der Waals surface area contributed by atoms with Gasteiger partial charge in [-0.05, 0) is 30.5 Å². The van der Waals surface area contributed by atoms with E-state index in [1.54, 1.807) is 35.4 Å². The molecule has 1 aliphatic heterocycles. The molecule has 0 saturated carbocycles. The van der Waals surface area contributed by atoms with E-state index in [1.165, 1.54) is 17.5 Å². The number of benzene rings is 2. The predicted molar refractivity (Wildman–Crippen MR) is 142 cm³/mol. The zero-order valence-electron chi connectivity index (χ0n) is 19.9. The third-order valence-corrected chi connectivity index (χ3v) is 6.98. The third kappa shape index (κ3) is 5.57. The van der Waals surface area contributed by atoms with Gasteiger partial charge in [-0.1, -0.05) is 60.7 Å². The number of hydrogen-bond acceptors (Lipinski definition) is 6. The van der Waals surface area contributed by atoms with Crippen molar-refractivity contribution in [3.8, 4) is 11.3 Å². The van der Waals surface area contributed by atoms with Gasteiger partial charge in [0.1, 0.15) is 12.1 Å². The second-order valence-corrected chi connectivity index (χ2v) is 9.50. The van der Waals surface area contributed by atoms with Gasteiger partial charge in [0.05, 0.1) is 11.3 Å². The molecule has 37 heavy (non-hydrogen) atoms. The highest BCUT2D eigenvalue weighted by Gasteiger charge is 2.38. The minimum Gasteiger partial charge on any atom is -0.336 e. The molecular formula is C28H25N5O3S. The number of carbonyl (C=O) groups excluding carboxylic acids is 3. The molecule has 3 heterocycles. The van der Waals surface area contributed by atoms with E-state index in [1.807, 2.05) is 53.9 Å². The maximum absolute atomic E-state index is 13.8. The molecule has 8 nitrogen and oxygen atoms in total. The lowest BCUT2D eigenvalue weighted by atomic mass is 10.0. The molecule has 1 fully saturated rings. The van der Waals surface area contributed by atoms with Crippen LogP contribution in [0.25, 0.3) is 11.3 Å². The van der Waals surface area contributed by atoms with Crippen molar-refractivity contribution in [1.29, 1.82) is 0 Å². The summed E-state index contributed by atoms with van der Waals surface area (Å²) in [6, 6.07) is 20.5. The zero-order valence-corrected chi connectivity index (χ0v) is 20.7. The van der Waals surface area contributed by atoms with Crippen LogP contribution in [0.15, 0.2) is 90.6 Å². The van der Waals surface area contributed by atoms with Crippen LogP contribution in [0, 0.1) is 0 Å². The Balaban J connectivity index is 1.33. The van der Waals surface area contributed by atoms with Gasteiger partial charge in [0.15, 0.2) is 5.13 Å². The Morgan fingerprint density at radius 3 is 2.46 bits per heavy atom. The smallest absolute Gasteiger partial charge is 0.253 e. The summed E-state index contributed by atoms with van der Waals surface area (Å²) < 4.78 is 0. The largest absolute Gasteiger partial charge is 0.336 e. The van der Waals surface area contributed by atoms with E-state index < -0.39 is 18.0 Å². The van der Waals surface area contributed by atoms with Gasteiger partial charge in [-0.25, -0.2) is 4.98 Å². The summed E-state index contributed by atoms with van der Waals surface area (Å²) in [5, 5.41) is 8.10. The number of pyridine rings is 1. The number of hydrogen-bond donors (Lipinski definition) is 2. The molecule has 2 atom stereocenters. The summed E-state index contributed by atoms with van der Waals surface area (Å²) in [6.45, 7) is 0.427. The maximum atomic E-state index is 13.8. The van der Waals surface area contributed by atoms with Gasteiger partial charge in [0, 0.05) is 29.9 Å². The van der Waals surface area contributed by atoms with Crippen LogP contribution in [-0.2, 0) is 9.59 Å². The van der Waals surface area contributed by atoms with Crippen molar-refractivity contribution in [1.82, 2.24) is 20.2 Å². The van der Waals surface area contributed by atoms with Gasteiger partial charge in [0.25, 0.3) is 5.91 Å². The van der Waals surface area contributed by atoms with Crippen LogP contribution in [-0.4, -0.2) is 45.2 Å². The summed E-state index contributed by atoms with van der Waals surface area (Å²) in [5.74, 6) is -1.03. The summed E-state index contributed by atoms with van der Waals surface area (Å²) in [6.07, 6.45) is 4.25. The number of amides is 3. The van der Waals surface area contributed by atoms with Crippen LogP contribution in [0.2, 0.25) is 0 Å². The fourth-order valence-corrected chi connectivity index (χ4v) is 5.10. The van der Waals surface area contributed by atoms with Crippen molar-refractivity contribution in [2.24, 2.45) is 0 Å². The first-order valence-electron chi connectivity index (χ1n) is 12.0. The number of nitrogens with one attached hydrogen (secondary N) is 2. The Hall–Kier alpha value is -4.37. The van der Waals surface area contributed by atoms with E-state index in [-0.39, 0.29) is 11.8 Å². The molecule has 2 aromatic heterocycles. The van der Waals surface area contributed by atoms with Gasteiger partial charge >= 0.3 is 0 Å². The quantitative estimate of drug-likeness (QED) is 0.385. The molecule has 0 unspecified atom stereocenters. The lowest BCUT2D eigenvalue weighted by Crippen LogP contribution is -2.48. The van der Waals surface area contributed by atoms with Crippen molar-refractivity contribution < 1.29 is 14.4 Å². The normalized spacial score (nSPS) is 15.7. The molecular weight excluding hydrogens is 486 g/mol. The first-order valence-corrected chi connectivity index (χ1v) is 12.9. The van der Waals surface area contributed by atoms with Crippen molar-refractivity contribution in [2.75, 3.05) is 11.9 Å². The first kappa shape index (κ1) is 24.3. The summed E-state index contributed by atoms with van der Waals surface area (Å²) >= 11 is 1.34. The zero-order chi connectivity index (χ0) is 25.6. The minimum absolute atomic E-state index is 0.287. The van der Waals surface area contributed by atoms with Gasteiger partial charge < -0.3 is 15.5 Å². The molecule has 2 N–H and O–H groups in total. The topological polar surface area (TPSA) is 104 Å². The van der Waals surface area contributed by atoms with Crippen molar-refractivity contribution in [3.63, 3.8) is 0 Å². The fourth-order valence-electron chi connectivity index (χ4n) is 4.37. The molecule has 0 bridgehead atoms. The number of carbonyl (C=O) groups is 3. The molecule has 0 aliphatic carbocycles. The maximum Gasteiger partial charge on any atom is 0.253 e. The first-order chi connectivity index (χ1) is 18.1. The Kier molecular flexibility index (Phi) is 7.32. The Morgan fingerprint density at radius 2 is 1.73 bits per heavy atom. The molecule has 9 heteroatoms. The van der Waals surface area contributed by atoms with Gasteiger partial charge in [-0.2, -0.15) is 0 Å². The number of likely N-dealkylation sites (tertiary alicyclic amines) is 1. The highest BCUT2D eigenvalue weighted by Crippen LogP contribution is 2.28. The Morgan fingerprint density at radius 1 is 0.973 bits per heavy atom. The highest BCUT2D eigenvalue weighted by molar-refractivity contribution is 7.14. The molecule has 186 valence electrons.